The van der Waals surface area contributed by atoms with Crippen LogP contribution < -0.4 is 0 Å². The molecular formula is C12H14N4. The fourth-order valence-electron chi connectivity index (χ4n) is 1.52. The molecule has 0 aliphatic heterocycles. The summed E-state index contributed by atoms with van der Waals surface area (Å²) in [6.45, 7) is 4.13. The van der Waals surface area contributed by atoms with Crippen molar-refractivity contribution in [3.05, 3.63) is 35.9 Å². The Morgan fingerprint density at radius 3 is 2.44 bits per heavy atom. The van der Waals surface area contributed by atoms with Crippen LogP contribution in [0.2, 0.25) is 0 Å². The van der Waals surface area contributed by atoms with Crippen molar-refractivity contribution in [2.45, 2.75) is 13.8 Å². The number of hydrogen-bond donors (Lipinski definition) is 0. The van der Waals surface area contributed by atoms with E-state index in [1.165, 1.54) is 11.1 Å². The lowest BCUT2D eigenvalue weighted by atomic mass is 10.1. The molecule has 4 nitrogen and oxygen atoms in total. The molecule has 0 atom stereocenters. The van der Waals surface area contributed by atoms with E-state index >= 15 is 0 Å². The average molecular weight is 214 g/mol. The van der Waals surface area contributed by atoms with Crippen LogP contribution in [0.4, 0.5) is 0 Å². The van der Waals surface area contributed by atoms with Crippen molar-refractivity contribution in [3.63, 3.8) is 0 Å². The topological polar surface area (TPSA) is 43.6 Å². The first-order valence-electron chi connectivity index (χ1n) is 5.18. The standard InChI is InChI=1S/C12H14N4/c1-4-9(2)10-5-7-11(8-6-10)12-13-14-15-16(12)3/h4-8H,1-3H3. The number of aryl methyl sites for hydroxylation is 1. The van der Waals surface area contributed by atoms with E-state index in [4.69, 9.17) is 0 Å². The van der Waals surface area contributed by atoms with E-state index in [1.54, 1.807) is 4.68 Å². The van der Waals surface area contributed by atoms with Gasteiger partial charge in [-0.1, -0.05) is 30.3 Å². The summed E-state index contributed by atoms with van der Waals surface area (Å²) in [5, 5.41) is 11.4. The van der Waals surface area contributed by atoms with Gasteiger partial charge in [0.1, 0.15) is 0 Å². The molecule has 0 bridgehead atoms. The maximum Gasteiger partial charge on any atom is 0.181 e. The summed E-state index contributed by atoms with van der Waals surface area (Å²) in [5.74, 6) is 0.782. The van der Waals surface area contributed by atoms with Crippen LogP contribution >= 0.6 is 0 Å². The summed E-state index contributed by atoms with van der Waals surface area (Å²) < 4.78 is 1.66. The van der Waals surface area contributed by atoms with E-state index in [9.17, 15) is 0 Å². The first-order valence-corrected chi connectivity index (χ1v) is 5.18. The van der Waals surface area contributed by atoms with Gasteiger partial charge in [-0.15, -0.1) is 5.10 Å². The van der Waals surface area contributed by atoms with Crippen LogP contribution in [-0.4, -0.2) is 20.2 Å². The average Bonchev–Trinajstić information content (AvgIpc) is 2.75. The van der Waals surface area contributed by atoms with Gasteiger partial charge < -0.3 is 0 Å². The van der Waals surface area contributed by atoms with Crippen LogP contribution in [0.3, 0.4) is 0 Å². The minimum atomic E-state index is 0.782. The van der Waals surface area contributed by atoms with Crippen LogP contribution in [0.5, 0.6) is 0 Å². The normalized spacial score (nSPS) is 11.8. The predicted molar refractivity (Wildman–Crippen MR) is 63.6 cm³/mol. The molecule has 1 aromatic carbocycles. The van der Waals surface area contributed by atoms with Crippen molar-refractivity contribution in [2.75, 3.05) is 0 Å². The zero-order valence-electron chi connectivity index (χ0n) is 9.68. The highest BCUT2D eigenvalue weighted by molar-refractivity contribution is 5.66. The molecule has 0 aliphatic carbocycles. The van der Waals surface area contributed by atoms with Crippen molar-refractivity contribution < 1.29 is 0 Å². The molecule has 0 radical (unpaired) electrons. The number of tetrazole rings is 1. The van der Waals surface area contributed by atoms with Gasteiger partial charge in [-0.05, 0) is 35.4 Å². The Kier molecular flexibility index (Phi) is 2.81. The van der Waals surface area contributed by atoms with Crippen LogP contribution in [0.1, 0.15) is 19.4 Å². The molecule has 16 heavy (non-hydrogen) atoms. The van der Waals surface area contributed by atoms with Gasteiger partial charge in [0.05, 0.1) is 0 Å². The largest absolute Gasteiger partial charge is 0.229 e. The maximum absolute atomic E-state index is 3.97. The highest BCUT2D eigenvalue weighted by Crippen LogP contribution is 2.19. The minimum absolute atomic E-state index is 0.782. The minimum Gasteiger partial charge on any atom is -0.229 e. The summed E-state index contributed by atoms with van der Waals surface area (Å²) in [5.41, 5.74) is 3.52. The van der Waals surface area contributed by atoms with Crippen molar-refractivity contribution in [3.8, 4) is 11.4 Å². The van der Waals surface area contributed by atoms with Crippen molar-refractivity contribution in [1.82, 2.24) is 20.2 Å². The summed E-state index contributed by atoms with van der Waals surface area (Å²) in [4.78, 5) is 0. The Labute approximate surface area is 94.6 Å². The van der Waals surface area contributed by atoms with E-state index in [-0.39, 0.29) is 0 Å². The quantitative estimate of drug-likeness (QED) is 0.770. The lowest BCUT2D eigenvalue weighted by Gasteiger charge is -2.02. The second-order valence-corrected chi connectivity index (χ2v) is 3.68. The maximum atomic E-state index is 3.97. The molecule has 0 spiro atoms. The van der Waals surface area contributed by atoms with E-state index in [0.29, 0.717) is 0 Å². The summed E-state index contributed by atoms with van der Waals surface area (Å²) >= 11 is 0. The molecule has 82 valence electrons. The van der Waals surface area contributed by atoms with E-state index in [2.05, 4.69) is 40.7 Å². The first kappa shape index (κ1) is 10.5. The fourth-order valence-corrected chi connectivity index (χ4v) is 1.52. The van der Waals surface area contributed by atoms with Crippen LogP contribution in [0, 0.1) is 0 Å². The third kappa shape index (κ3) is 1.86. The van der Waals surface area contributed by atoms with Gasteiger partial charge in [-0.2, -0.15) is 0 Å². The SMILES string of the molecule is CC=C(C)c1ccc(-c2nnnn2C)cc1. The Balaban J connectivity index is 2.37. The molecule has 0 fully saturated rings. The third-order valence-electron chi connectivity index (χ3n) is 2.65. The van der Waals surface area contributed by atoms with Crippen LogP contribution in [-0.2, 0) is 7.05 Å². The van der Waals surface area contributed by atoms with Crippen LogP contribution in [0.15, 0.2) is 30.3 Å². The highest BCUT2D eigenvalue weighted by Gasteiger charge is 2.05. The molecule has 0 unspecified atom stereocenters. The number of rotatable bonds is 2. The number of allylic oxidation sites excluding steroid dienone is 2. The molecule has 1 aromatic heterocycles. The molecule has 1 heterocycles. The van der Waals surface area contributed by atoms with Gasteiger partial charge in [-0.3, -0.25) is 0 Å². The van der Waals surface area contributed by atoms with Gasteiger partial charge >= 0.3 is 0 Å². The fraction of sp³-hybridized carbons (Fsp3) is 0.250. The Bertz CT molecular complexity index is 508. The Hall–Kier alpha value is -1.97. The van der Waals surface area contributed by atoms with Crippen molar-refractivity contribution >= 4 is 5.57 Å². The third-order valence-corrected chi connectivity index (χ3v) is 2.65. The predicted octanol–water partition coefficient (Wildman–Crippen LogP) is 2.30. The summed E-state index contributed by atoms with van der Waals surface area (Å²) in [6.07, 6.45) is 2.10. The molecular weight excluding hydrogens is 200 g/mol. The van der Waals surface area contributed by atoms with Gasteiger partial charge in [0.2, 0.25) is 0 Å². The first-order chi connectivity index (χ1) is 7.72. The molecule has 0 aliphatic rings. The van der Waals surface area contributed by atoms with E-state index in [0.717, 1.165) is 11.4 Å². The van der Waals surface area contributed by atoms with Crippen molar-refractivity contribution in [2.24, 2.45) is 7.05 Å². The number of nitrogens with zero attached hydrogens (tertiary/aromatic N) is 4. The Morgan fingerprint density at radius 1 is 1.25 bits per heavy atom. The smallest absolute Gasteiger partial charge is 0.181 e. The number of hydrogen-bond acceptors (Lipinski definition) is 3. The molecule has 0 saturated heterocycles. The zero-order chi connectivity index (χ0) is 11.5. The molecule has 0 amide bonds. The Morgan fingerprint density at radius 2 is 1.94 bits per heavy atom. The summed E-state index contributed by atoms with van der Waals surface area (Å²) in [6, 6.07) is 8.24. The highest BCUT2D eigenvalue weighted by atomic mass is 15.5. The van der Waals surface area contributed by atoms with E-state index < -0.39 is 0 Å². The molecule has 0 saturated carbocycles. The second kappa shape index (κ2) is 4.26. The molecule has 2 aromatic rings. The number of aromatic nitrogens is 4. The van der Waals surface area contributed by atoms with Gasteiger partial charge in [0, 0.05) is 12.6 Å². The van der Waals surface area contributed by atoms with Gasteiger partial charge in [-0.25, -0.2) is 4.68 Å². The monoisotopic (exact) mass is 214 g/mol. The summed E-state index contributed by atoms with van der Waals surface area (Å²) in [7, 11) is 1.83. The molecule has 4 heteroatoms. The van der Waals surface area contributed by atoms with Gasteiger partial charge in [0.15, 0.2) is 5.82 Å². The number of benzene rings is 1. The molecule has 2 rings (SSSR count). The second-order valence-electron chi connectivity index (χ2n) is 3.68. The van der Waals surface area contributed by atoms with Crippen LogP contribution in [0.25, 0.3) is 17.0 Å². The lowest BCUT2D eigenvalue weighted by molar-refractivity contribution is 0.714. The van der Waals surface area contributed by atoms with Gasteiger partial charge in [0.25, 0.3) is 0 Å². The molecule has 0 N–H and O–H groups in total. The zero-order valence-corrected chi connectivity index (χ0v) is 9.68. The van der Waals surface area contributed by atoms with Crippen molar-refractivity contribution in [1.29, 1.82) is 0 Å². The van der Waals surface area contributed by atoms with E-state index in [1.807, 2.05) is 26.1 Å². The lowest BCUT2D eigenvalue weighted by Crippen LogP contribution is -1.94.